The first-order chi connectivity index (χ1) is 9.11. The van der Waals surface area contributed by atoms with Crippen molar-refractivity contribution in [3.8, 4) is 11.5 Å². The zero-order valence-electron chi connectivity index (χ0n) is 10.1. The Hall–Kier alpha value is -2.27. The van der Waals surface area contributed by atoms with Crippen LogP contribution in [0.5, 0.6) is 11.5 Å². The third kappa shape index (κ3) is 2.95. The van der Waals surface area contributed by atoms with Gasteiger partial charge in [0, 0.05) is 12.3 Å². The molecule has 0 saturated heterocycles. The van der Waals surface area contributed by atoms with Crippen molar-refractivity contribution in [1.82, 2.24) is 4.98 Å². The first-order valence-electron chi connectivity index (χ1n) is 5.39. The number of aromatic hydroxyl groups is 1. The maximum atomic E-state index is 12.0. The summed E-state index contributed by atoms with van der Waals surface area (Å²) in [6.07, 6.45) is 2.61. The molecular weight excluding hydrogens is 268 g/mol. The molecule has 0 spiro atoms. The Balaban J connectivity index is 2.26. The number of nitrogens with zero attached hydrogens (tertiary/aromatic N) is 1. The monoisotopic (exact) mass is 278 g/mol. The molecule has 0 atom stereocenters. The predicted octanol–water partition coefficient (Wildman–Crippen LogP) is 2.70. The molecule has 0 aliphatic heterocycles. The summed E-state index contributed by atoms with van der Waals surface area (Å²) in [5.74, 6) is -0.104. The second-order valence-corrected chi connectivity index (χ2v) is 4.10. The molecular formula is C13H11ClN2O3. The molecule has 19 heavy (non-hydrogen) atoms. The highest BCUT2D eigenvalue weighted by Crippen LogP contribution is 2.27. The van der Waals surface area contributed by atoms with Gasteiger partial charge in [-0.1, -0.05) is 11.6 Å². The van der Waals surface area contributed by atoms with Crippen LogP contribution in [0.25, 0.3) is 0 Å². The Kier molecular flexibility index (Phi) is 3.87. The van der Waals surface area contributed by atoms with Gasteiger partial charge in [-0.25, -0.2) is 0 Å². The summed E-state index contributed by atoms with van der Waals surface area (Å²) < 4.78 is 5.05. The van der Waals surface area contributed by atoms with Gasteiger partial charge in [0.1, 0.15) is 11.5 Å². The lowest BCUT2D eigenvalue weighted by Gasteiger charge is -2.09. The Morgan fingerprint density at radius 3 is 2.89 bits per heavy atom. The molecule has 2 aromatic rings. The second kappa shape index (κ2) is 5.58. The van der Waals surface area contributed by atoms with Crippen molar-refractivity contribution in [1.29, 1.82) is 0 Å². The van der Waals surface area contributed by atoms with E-state index < -0.39 is 5.91 Å². The van der Waals surface area contributed by atoms with E-state index in [2.05, 4.69) is 10.3 Å². The number of hydrogen-bond acceptors (Lipinski definition) is 4. The van der Waals surface area contributed by atoms with Gasteiger partial charge in [0.15, 0.2) is 0 Å². The molecule has 98 valence electrons. The number of anilines is 1. The normalized spacial score (nSPS) is 10.0. The second-order valence-electron chi connectivity index (χ2n) is 3.69. The molecule has 0 saturated carbocycles. The summed E-state index contributed by atoms with van der Waals surface area (Å²) in [5.41, 5.74) is 0.524. The highest BCUT2D eigenvalue weighted by Gasteiger charge is 2.13. The van der Waals surface area contributed by atoms with Crippen LogP contribution in [0.1, 0.15) is 10.4 Å². The van der Waals surface area contributed by atoms with Gasteiger partial charge in [-0.15, -0.1) is 0 Å². The smallest absolute Gasteiger partial charge is 0.259 e. The van der Waals surface area contributed by atoms with E-state index in [-0.39, 0.29) is 11.3 Å². The van der Waals surface area contributed by atoms with E-state index in [1.807, 2.05) is 0 Å². The molecule has 5 nitrogen and oxygen atoms in total. The molecule has 1 amide bonds. The predicted molar refractivity (Wildman–Crippen MR) is 71.9 cm³/mol. The zero-order chi connectivity index (χ0) is 13.8. The van der Waals surface area contributed by atoms with Crippen molar-refractivity contribution in [2.24, 2.45) is 0 Å². The molecule has 0 aliphatic carbocycles. The Morgan fingerprint density at radius 1 is 1.42 bits per heavy atom. The maximum absolute atomic E-state index is 12.0. The van der Waals surface area contributed by atoms with Gasteiger partial charge in [-0.05, 0) is 18.2 Å². The van der Waals surface area contributed by atoms with Gasteiger partial charge in [-0.3, -0.25) is 9.78 Å². The molecule has 0 fully saturated rings. The number of pyridine rings is 1. The quantitative estimate of drug-likeness (QED) is 0.905. The van der Waals surface area contributed by atoms with E-state index in [0.717, 1.165) is 0 Å². The van der Waals surface area contributed by atoms with Crippen molar-refractivity contribution >= 4 is 23.2 Å². The van der Waals surface area contributed by atoms with Crippen LogP contribution in [0.4, 0.5) is 5.69 Å². The lowest BCUT2D eigenvalue weighted by Crippen LogP contribution is -2.12. The molecule has 0 unspecified atom stereocenters. The van der Waals surface area contributed by atoms with E-state index >= 15 is 0 Å². The minimum Gasteiger partial charge on any atom is -0.505 e. The number of carbonyl (C=O) groups is 1. The van der Waals surface area contributed by atoms with E-state index in [1.165, 1.54) is 25.6 Å². The Morgan fingerprint density at radius 2 is 2.21 bits per heavy atom. The molecule has 2 N–H and O–H groups in total. The van der Waals surface area contributed by atoms with Crippen LogP contribution in [0, 0.1) is 0 Å². The van der Waals surface area contributed by atoms with Gasteiger partial charge in [-0.2, -0.15) is 0 Å². The maximum Gasteiger partial charge on any atom is 0.259 e. The van der Waals surface area contributed by atoms with Crippen molar-refractivity contribution in [3.63, 3.8) is 0 Å². The van der Waals surface area contributed by atoms with Crippen molar-refractivity contribution in [2.45, 2.75) is 0 Å². The van der Waals surface area contributed by atoms with E-state index in [1.54, 1.807) is 18.2 Å². The number of methoxy groups -OCH3 is 1. The molecule has 0 bridgehead atoms. The Bertz CT molecular complexity index is 617. The third-order valence-corrected chi connectivity index (χ3v) is 2.80. The molecule has 2 rings (SSSR count). The number of aromatic nitrogens is 1. The lowest BCUT2D eigenvalue weighted by atomic mass is 10.2. The van der Waals surface area contributed by atoms with Crippen molar-refractivity contribution in [3.05, 3.63) is 47.2 Å². The van der Waals surface area contributed by atoms with Crippen LogP contribution in [-0.2, 0) is 0 Å². The molecule has 1 aromatic heterocycles. The topological polar surface area (TPSA) is 71.5 Å². The van der Waals surface area contributed by atoms with Crippen LogP contribution in [0.3, 0.4) is 0 Å². The number of ether oxygens (including phenoxy) is 1. The lowest BCUT2D eigenvalue weighted by molar-refractivity contribution is 0.102. The highest BCUT2D eigenvalue weighted by atomic mass is 35.5. The number of nitrogens with one attached hydrogen (secondary N) is 1. The minimum atomic E-state index is -0.477. The number of hydrogen-bond donors (Lipinski definition) is 2. The van der Waals surface area contributed by atoms with Gasteiger partial charge in [0.2, 0.25) is 0 Å². The van der Waals surface area contributed by atoms with E-state index in [9.17, 15) is 9.90 Å². The molecule has 0 aliphatic rings. The average Bonchev–Trinajstić information content (AvgIpc) is 2.41. The van der Waals surface area contributed by atoms with Crippen LogP contribution in [0.15, 0.2) is 36.7 Å². The van der Waals surface area contributed by atoms with E-state index in [0.29, 0.717) is 16.5 Å². The van der Waals surface area contributed by atoms with Crippen LogP contribution in [-0.4, -0.2) is 23.1 Å². The summed E-state index contributed by atoms with van der Waals surface area (Å²) in [6.45, 7) is 0. The fraction of sp³-hybridized carbons (Fsp3) is 0.0769. The first-order valence-corrected chi connectivity index (χ1v) is 5.77. The number of benzene rings is 1. The minimum absolute atomic E-state index is 0.119. The van der Waals surface area contributed by atoms with Crippen molar-refractivity contribution < 1.29 is 14.6 Å². The van der Waals surface area contributed by atoms with Gasteiger partial charge in [0.05, 0.1) is 29.6 Å². The fourth-order valence-corrected chi connectivity index (χ4v) is 1.66. The number of halogens is 1. The summed E-state index contributed by atoms with van der Waals surface area (Å²) in [7, 11) is 1.52. The van der Waals surface area contributed by atoms with Crippen LogP contribution >= 0.6 is 11.6 Å². The summed E-state index contributed by atoms with van der Waals surface area (Å²) in [6, 6.07) is 6.31. The fourth-order valence-electron chi connectivity index (χ4n) is 1.49. The standard InChI is InChI=1S/C13H11ClN2O3/c1-19-8-2-3-10(14)11(6-8)16-13(18)9-4-5-15-7-12(9)17/h2-7,17H,1H3,(H,16,18). The Labute approximate surface area is 114 Å². The van der Waals surface area contributed by atoms with Gasteiger partial charge >= 0.3 is 0 Å². The summed E-state index contributed by atoms with van der Waals surface area (Å²) in [4.78, 5) is 15.7. The number of carbonyl (C=O) groups excluding carboxylic acids is 1. The number of rotatable bonds is 3. The molecule has 0 radical (unpaired) electrons. The third-order valence-electron chi connectivity index (χ3n) is 2.47. The van der Waals surface area contributed by atoms with Gasteiger partial charge < -0.3 is 15.2 Å². The first kappa shape index (κ1) is 13.2. The zero-order valence-corrected chi connectivity index (χ0v) is 10.8. The van der Waals surface area contributed by atoms with Crippen LogP contribution < -0.4 is 10.1 Å². The van der Waals surface area contributed by atoms with Gasteiger partial charge in [0.25, 0.3) is 5.91 Å². The average molecular weight is 279 g/mol. The SMILES string of the molecule is COc1ccc(Cl)c(NC(=O)c2ccncc2O)c1. The number of amides is 1. The summed E-state index contributed by atoms with van der Waals surface area (Å²) >= 11 is 5.98. The molecule has 1 heterocycles. The largest absolute Gasteiger partial charge is 0.505 e. The van der Waals surface area contributed by atoms with Crippen LogP contribution in [0.2, 0.25) is 5.02 Å². The molecule has 6 heteroatoms. The van der Waals surface area contributed by atoms with E-state index in [4.69, 9.17) is 16.3 Å². The molecule has 1 aromatic carbocycles. The highest BCUT2D eigenvalue weighted by molar-refractivity contribution is 6.34. The summed E-state index contributed by atoms with van der Waals surface area (Å²) in [5, 5.41) is 12.5. The van der Waals surface area contributed by atoms with Crippen molar-refractivity contribution in [2.75, 3.05) is 12.4 Å².